The Labute approximate surface area is 176 Å². The zero-order valence-corrected chi connectivity index (χ0v) is 18.0. The number of carbonyl (C=O) groups is 1. The summed E-state index contributed by atoms with van der Waals surface area (Å²) >= 11 is 0. The van der Waals surface area contributed by atoms with Crippen molar-refractivity contribution >= 4 is 33.4 Å². The van der Waals surface area contributed by atoms with Crippen LogP contribution in [0.25, 0.3) is 0 Å². The zero-order valence-electron chi connectivity index (χ0n) is 17.2. The molecular weight excluding hydrogens is 409 g/mol. The average Bonchev–Trinajstić information content (AvgIpc) is 2.88. The van der Waals surface area contributed by atoms with Crippen LogP contribution in [0.5, 0.6) is 0 Å². The van der Waals surface area contributed by atoms with Crippen molar-refractivity contribution in [3.63, 3.8) is 0 Å². The number of nitrogens with zero attached hydrogens (tertiary/aromatic N) is 2. The van der Waals surface area contributed by atoms with Gasteiger partial charge >= 0.3 is 16.3 Å². The van der Waals surface area contributed by atoms with Gasteiger partial charge in [-0.05, 0) is 42.5 Å². The molecule has 2 N–H and O–H groups in total. The fraction of sp³-hybridized carbons (Fsp3) is 0.381. The fourth-order valence-corrected chi connectivity index (χ4v) is 5.30. The Balaban J connectivity index is 1.89. The molecule has 0 saturated carbocycles. The Morgan fingerprint density at radius 3 is 2.40 bits per heavy atom. The lowest BCUT2D eigenvalue weighted by molar-refractivity contribution is 0.0306. The van der Waals surface area contributed by atoms with Crippen molar-refractivity contribution in [2.75, 3.05) is 15.2 Å². The molecule has 0 bridgehead atoms. The van der Waals surface area contributed by atoms with E-state index in [0.717, 1.165) is 8.61 Å². The summed E-state index contributed by atoms with van der Waals surface area (Å²) in [5, 5.41) is 0. The fourth-order valence-electron chi connectivity index (χ4n) is 3.54. The first-order valence-corrected chi connectivity index (χ1v) is 11.1. The minimum atomic E-state index is -4.02. The van der Waals surface area contributed by atoms with Crippen LogP contribution in [0.3, 0.4) is 0 Å². The first-order valence-electron chi connectivity index (χ1n) is 9.66. The minimum Gasteiger partial charge on any atom is -0.446 e. The molecule has 2 aromatic rings. The molecule has 1 heterocycles. The summed E-state index contributed by atoms with van der Waals surface area (Å²) in [6.45, 7) is 5.74. The topological polar surface area (TPSA) is 92.9 Å². The van der Waals surface area contributed by atoms with Gasteiger partial charge in [-0.2, -0.15) is 8.42 Å². The number of fused-ring (bicyclic) bond motifs is 1. The van der Waals surface area contributed by atoms with Gasteiger partial charge in [-0.15, -0.1) is 0 Å². The molecule has 0 radical (unpaired) electrons. The summed E-state index contributed by atoms with van der Waals surface area (Å²) in [5.41, 5.74) is 5.50. The second-order valence-electron chi connectivity index (χ2n) is 8.22. The molecule has 30 heavy (non-hydrogen) atoms. The maximum absolute atomic E-state index is 14.7. The number of hydrogen-bond acceptors (Lipinski definition) is 4. The summed E-state index contributed by atoms with van der Waals surface area (Å²) < 4.78 is 48.8. The normalized spacial score (nSPS) is 16.3. The molecule has 0 saturated heterocycles. The van der Waals surface area contributed by atoms with E-state index < -0.39 is 28.2 Å². The summed E-state index contributed by atoms with van der Waals surface area (Å²) in [6, 6.07) is 12.9. The van der Waals surface area contributed by atoms with E-state index in [1.807, 2.05) is 20.8 Å². The van der Waals surface area contributed by atoms with E-state index in [2.05, 4.69) is 0 Å². The predicted molar refractivity (Wildman–Crippen MR) is 114 cm³/mol. The standard InChI is InChI=1S/C21H26FN3O4S/c1-21(2,3)18(29-20(23)26)13-8-14-24-19-16(22)11-7-12-17(19)25(30(24,27)28)15-9-5-4-6-10-15/h4-7,9-12,18H,8,13-14H2,1-3H3,(H2,23,26). The van der Waals surface area contributed by atoms with Gasteiger partial charge in [0.15, 0.2) is 0 Å². The van der Waals surface area contributed by atoms with Crippen molar-refractivity contribution in [2.24, 2.45) is 11.1 Å². The molecule has 0 fully saturated rings. The minimum absolute atomic E-state index is 0.0180. The quantitative estimate of drug-likeness (QED) is 0.731. The van der Waals surface area contributed by atoms with Crippen molar-refractivity contribution in [2.45, 2.75) is 39.7 Å². The third-order valence-corrected chi connectivity index (χ3v) is 6.78. The van der Waals surface area contributed by atoms with Gasteiger partial charge in [0.05, 0.1) is 11.4 Å². The van der Waals surface area contributed by atoms with E-state index in [1.54, 1.807) is 36.4 Å². The van der Waals surface area contributed by atoms with Crippen molar-refractivity contribution in [1.29, 1.82) is 0 Å². The molecule has 162 valence electrons. The van der Waals surface area contributed by atoms with Gasteiger partial charge in [-0.3, -0.25) is 0 Å². The zero-order chi connectivity index (χ0) is 22.1. The Bertz CT molecular complexity index is 1020. The van der Waals surface area contributed by atoms with Gasteiger partial charge in [0.25, 0.3) is 0 Å². The predicted octanol–water partition coefficient (Wildman–Crippen LogP) is 4.32. The Kier molecular flexibility index (Phi) is 5.94. The molecule has 0 spiro atoms. The van der Waals surface area contributed by atoms with Gasteiger partial charge in [-0.25, -0.2) is 17.8 Å². The van der Waals surface area contributed by atoms with E-state index in [-0.39, 0.29) is 23.3 Å². The SMILES string of the molecule is CC(C)(C)C(CCCN1c2c(F)cccc2N(c2ccccc2)S1(=O)=O)OC(N)=O. The van der Waals surface area contributed by atoms with E-state index in [1.165, 1.54) is 12.1 Å². The summed E-state index contributed by atoms with van der Waals surface area (Å²) in [4.78, 5) is 11.2. The molecule has 0 aromatic heterocycles. The number of primary amides is 1. The Morgan fingerprint density at radius 2 is 1.80 bits per heavy atom. The van der Waals surface area contributed by atoms with Crippen LogP contribution < -0.4 is 14.3 Å². The number of halogens is 1. The van der Waals surface area contributed by atoms with E-state index in [4.69, 9.17) is 10.5 Å². The van der Waals surface area contributed by atoms with Crippen LogP contribution >= 0.6 is 0 Å². The number of rotatable bonds is 6. The van der Waals surface area contributed by atoms with Crippen LogP contribution in [0.15, 0.2) is 48.5 Å². The summed E-state index contributed by atoms with van der Waals surface area (Å²) in [6.07, 6.45) is -0.640. The van der Waals surface area contributed by atoms with Crippen molar-refractivity contribution in [1.82, 2.24) is 0 Å². The lowest BCUT2D eigenvalue weighted by Gasteiger charge is -2.30. The molecule has 9 heteroatoms. The van der Waals surface area contributed by atoms with Crippen LogP contribution in [0.1, 0.15) is 33.6 Å². The second-order valence-corrected chi connectivity index (χ2v) is 9.92. The third-order valence-electron chi connectivity index (χ3n) is 4.99. The lowest BCUT2D eigenvalue weighted by atomic mass is 9.86. The van der Waals surface area contributed by atoms with Crippen molar-refractivity contribution in [3.05, 3.63) is 54.3 Å². The molecule has 0 aliphatic carbocycles. The van der Waals surface area contributed by atoms with Crippen LogP contribution in [0, 0.1) is 11.2 Å². The van der Waals surface area contributed by atoms with Gasteiger partial charge < -0.3 is 10.5 Å². The molecule has 1 unspecified atom stereocenters. The van der Waals surface area contributed by atoms with Crippen molar-refractivity contribution < 1.29 is 22.3 Å². The highest BCUT2D eigenvalue weighted by molar-refractivity contribution is 7.95. The maximum Gasteiger partial charge on any atom is 0.404 e. The molecule has 1 aliphatic rings. The summed E-state index contributed by atoms with van der Waals surface area (Å²) in [5.74, 6) is -0.615. The van der Waals surface area contributed by atoms with Gasteiger partial charge in [-0.1, -0.05) is 45.0 Å². The maximum atomic E-state index is 14.7. The Hall–Kier alpha value is -2.81. The number of hydrogen-bond donors (Lipinski definition) is 1. The van der Waals surface area contributed by atoms with Crippen LogP contribution in [-0.4, -0.2) is 27.2 Å². The number of ether oxygens (including phenoxy) is 1. The van der Waals surface area contributed by atoms with E-state index in [9.17, 15) is 17.6 Å². The molecule has 3 rings (SSSR count). The Morgan fingerprint density at radius 1 is 1.13 bits per heavy atom. The van der Waals surface area contributed by atoms with E-state index in [0.29, 0.717) is 18.5 Å². The number of nitrogens with two attached hydrogens (primary N) is 1. The molecule has 2 aromatic carbocycles. The largest absolute Gasteiger partial charge is 0.446 e. The average molecular weight is 436 g/mol. The number of amides is 1. The highest BCUT2D eigenvalue weighted by Crippen LogP contribution is 2.46. The number of para-hydroxylation sites is 2. The first kappa shape index (κ1) is 21.9. The van der Waals surface area contributed by atoms with Crippen LogP contribution in [0.4, 0.5) is 26.2 Å². The van der Waals surface area contributed by atoms with Crippen molar-refractivity contribution in [3.8, 4) is 0 Å². The third kappa shape index (κ3) is 4.21. The number of anilines is 3. The molecular formula is C21H26FN3O4S. The number of carbonyl (C=O) groups excluding carboxylic acids is 1. The van der Waals surface area contributed by atoms with Gasteiger partial charge in [0.2, 0.25) is 0 Å². The summed E-state index contributed by atoms with van der Waals surface area (Å²) in [7, 11) is -4.02. The number of benzene rings is 2. The van der Waals surface area contributed by atoms with Gasteiger partial charge in [0, 0.05) is 6.54 Å². The van der Waals surface area contributed by atoms with Crippen LogP contribution in [0.2, 0.25) is 0 Å². The smallest absolute Gasteiger partial charge is 0.404 e. The highest BCUT2D eigenvalue weighted by atomic mass is 32.2. The molecule has 1 amide bonds. The molecule has 1 atom stereocenters. The molecule has 7 nitrogen and oxygen atoms in total. The van der Waals surface area contributed by atoms with E-state index >= 15 is 0 Å². The monoisotopic (exact) mass is 435 g/mol. The lowest BCUT2D eigenvalue weighted by Crippen LogP contribution is -2.38. The van der Waals surface area contributed by atoms with Crippen LogP contribution in [-0.2, 0) is 14.9 Å². The highest BCUT2D eigenvalue weighted by Gasteiger charge is 2.43. The second kappa shape index (κ2) is 8.14. The van der Waals surface area contributed by atoms with Gasteiger partial charge in [0.1, 0.15) is 17.6 Å². The molecule has 1 aliphatic heterocycles. The first-order chi connectivity index (χ1) is 14.0.